The Morgan fingerprint density at radius 2 is 1.72 bits per heavy atom. The van der Waals surface area contributed by atoms with E-state index in [1.165, 1.54) is 13.2 Å². The van der Waals surface area contributed by atoms with E-state index in [-0.39, 0.29) is 0 Å². The Morgan fingerprint density at radius 3 is 2.36 bits per heavy atom. The number of carbonyl (C=O) groups excluding carboxylic acids is 1. The van der Waals surface area contributed by atoms with Gasteiger partial charge in [0.05, 0.1) is 30.9 Å². The average Bonchev–Trinajstić information content (AvgIpc) is 2.87. The lowest BCUT2D eigenvalue weighted by molar-refractivity contribution is -0.137. The number of esters is 1. The molecule has 1 heterocycles. The maximum absolute atomic E-state index is 13.2. The van der Waals surface area contributed by atoms with Gasteiger partial charge in [-0.15, -0.1) is 0 Å². The minimum Gasteiger partial charge on any atom is -0.496 e. The van der Waals surface area contributed by atoms with Crippen LogP contribution in [0.1, 0.15) is 40.3 Å². The van der Waals surface area contributed by atoms with E-state index in [9.17, 15) is 18.0 Å². The number of carbonyl (C=O) groups is 1. The highest BCUT2D eigenvalue weighted by Crippen LogP contribution is 2.37. The van der Waals surface area contributed by atoms with Crippen LogP contribution in [0.2, 0.25) is 0 Å². The van der Waals surface area contributed by atoms with Crippen LogP contribution in [0, 0.1) is 6.92 Å². The summed E-state index contributed by atoms with van der Waals surface area (Å²) in [5, 5.41) is 3.92. The van der Waals surface area contributed by atoms with Crippen LogP contribution in [0.15, 0.2) is 60.7 Å². The molecule has 0 aliphatic carbocycles. The van der Waals surface area contributed by atoms with E-state index in [0.29, 0.717) is 39.4 Å². The molecule has 0 saturated carbocycles. The van der Waals surface area contributed by atoms with Crippen LogP contribution >= 0.6 is 0 Å². The van der Waals surface area contributed by atoms with Gasteiger partial charge in [0.1, 0.15) is 17.4 Å². The van der Waals surface area contributed by atoms with Crippen molar-refractivity contribution in [3.05, 3.63) is 83.2 Å². The third-order valence-corrected chi connectivity index (χ3v) is 5.81. The highest BCUT2D eigenvalue weighted by atomic mass is 19.4. The number of anilines is 1. The van der Waals surface area contributed by atoms with E-state index in [0.717, 1.165) is 23.3 Å². The molecule has 0 fully saturated rings. The van der Waals surface area contributed by atoms with Gasteiger partial charge in [-0.2, -0.15) is 13.2 Å². The van der Waals surface area contributed by atoms with Crippen molar-refractivity contribution in [3.8, 4) is 16.9 Å². The summed E-state index contributed by atoms with van der Waals surface area (Å²) in [6.45, 7) is 3.51. The van der Waals surface area contributed by atoms with Crippen LogP contribution in [0.3, 0.4) is 0 Å². The topological polar surface area (TPSA) is 73.3 Å². The molecule has 6 nitrogen and oxygen atoms in total. The summed E-state index contributed by atoms with van der Waals surface area (Å²) in [6, 6.07) is 15.3. The Balaban J connectivity index is 1.77. The van der Waals surface area contributed by atoms with Crippen LogP contribution in [0.25, 0.3) is 22.0 Å². The van der Waals surface area contributed by atoms with Gasteiger partial charge in [-0.05, 0) is 55.3 Å². The van der Waals surface area contributed by atoms with Gasteiger partial charge in [-0.3, -0.25) is 0 Å². The number of hydrogen-bond donors (Lipinski definition) is 1. The third kappa shape index (κ3) is 5.10. The zero-order chi connectivity index (χ0) is 26.0. The predicted octanol–water partition coefficient (Wildman–Crippen LogP) is 6.59. The number of methoxy groups -OCH3 is 2. The summed E-state index contributed by atoms with van der Waals surface area (Å²) >= 11 is 0. The number of fused-ring (bicyclic) bond motifs is 1. The molecule has 4 aromatic rings. The van der Waals surface area contributed by atoms with Gasteiger partial charge in [0.25, 0.3) is 0 Å². The Morgan fingerprint density at radius 1 is 1.00 bits per heavy atom. The molecule has 0 bridgehead atoms. The molecule has 3 aromatic carbocycles. The first-order valence-corrected chi connectivity index (χ1v) is 11.1. The van der Waals surface area contributed by atoms with Gasteiger partial charge in [0.15, 0.2) is 0 Å². The molecule has 4 rings (SSSR count). The highest BCUT2D eigenvalue weighted by Gasteiger charge is 2.30. The molecule has 0 radical (unpaired) electrons. The zero-order valence-corrected chi connectivity index (χ0v) is 20.1. The quantitative estimate of drug-likeness (QED) is 0.304. The second-order valence-electron chi connectivity index (χ2n) is 8.25. The van der Waals surface area contributed by atoms with Crippen molar-refractivity contribution < 1.29 is 27.4 Å². The van der Waals surface area contributed by atoms with Gasteiger partial charge in [-0.1, -0.05) is 24.3 Å². The molecule has 36 heavy (non-hydrogen) atoms. The number of aryl methyl sites for hydroxylation is 1. The standard InChI is InChI=1S/C27H24F3N3O3/c1-15(19-6-5-7-20(12-19)27(28,29)30)31-25-22-13-21(17-8-10-18(11-9-17)26(34)36-4)24(35-3)14-23(22)32-16(2)33-25/h5-15H,1-4H3,(H,31,32,33)/t15-/m1/s1. The lowest BCUT2D eigenvalue weighted by Crippen LogP contribution is -2.12. The Hall–Kier alpha value is -4.14. The van der Waals surface area contributed by atoms with Crippen molar-refractivity contribution >= 4 is 22.7 Å². The number of halogens is 3. The van der Waals surface area contributed by atoms with Gasteiger partial charge >= 0.3 is 12.1 Å². The maximum Gasteiger partial charge on any atom is 0.416 e. The Labute approximate surface area is 206 Å². The molecule has 0 aliphatic heterocycles. The van der Waals surface area contributed by atoms with E-state index < -0.39 is 23.8 Å². The fourth-order valence-corrected chi connectivity index (χ4v) is 3.95. The summed E-state index contributed by atoms with van der Waals surface area (Å²) in [7, 11) is 2.87. The molecule has 0 amide bonds. The number of benzene rings is 3. The smallest absolute Gasteiger partial charge is 0.416 e. The number of rotatable bonds is 6. The maximum atomic E-state index is 13.2. The van der Waals surface area contributed by atoms with Crippen molar-refractivity contribution in [2.24, 2.45) is 0 Å². The minimum absolute atomic E-state index is 0.414. The van der Waals surface area contributed by atoms with Gasteiger partial charge in [0, 0.05) is 23.1 Å². The molecular weight excluding hydrogens is 471 g/mol. The first kappa shape index (κ1) is 25.0. The molecule has 0 unspecified atom stereocenters. The molecule has 1 atom stereocenters. The average molecular weight is 496 g/mol. The van der Waals surface area contributed by atoms with Crippen LogP contribution < -0.4 is 10.1 Å². The lowest BCUT2D eigenvalue weighted by Gasteiger charge is -2.19. The molecule has 0 aliphatic rings. The van der Waals surface area contributed by atoms with E-state index in [2.05, 4.69) is 15.3 Å². The van der Waals surface area contributed by atoms with Gasteiger partial charge in [0.2, 0.25) is 0 Å². The second kappa shape index (κ2) is 9.85. The summed E-state index contributed by atoms with van der Waals surface area (Å²) < 4.78 is 50.0. The number of aromatic nitrogens is 2. The Bertz CT molecular complexity index is 1420. The molecule has 1 N–H and O–H groups in total. The summed E-state index contributed by atoms with van der Waals surface area (Å²) in [6.07, 6.45) is -4.43. The number of ether oxygens (including phenoxy) is 2. The highest BCUT2D eigenvalue weighted by molar-refractivity contribution is 5.96. The molecule has 186 valence electrons. The first-order chi connectivity index (χ1) is 17.1. The van der Waals surface area contributed by atoms with Gasteiger partial charge < -0.3 is 14.8 Å². The fourth-order valence-electron chi connectivity index (χ4n) is 3.95. The summed E-state index contributed by atoms with van der Waals surface area (Å²) in [4.78, 5) is 20.8. The van der Waals surface area contributed by atoms with Crippen LogP contribution in [0.4, 0.5) is 19.0 Å². The van der Waals surface area contributed by atoms with E-state index in [4.69, 9.17) is 9.47 Å². The lowest BCUT2D eigenvalue weighted by atomic mass is 10.00. The molecule has 1 aromatic heterocycles. The summed E-state index contributed by atoms with van der Waals surface area (Å²) in [5.41, 5.74) is 2.33. The zero-order valence-electron chi connectivity index (χ0n) is 20.1. The molecular formula is C27H24F3N3O3. The van der Waals surface area contributed by atoms with Crippen LogP contribution in [-0.4, -0.2) is 30.2 Å². The molecule has 0 spiro atoms. The number of hydrogen-bond acceptors (Lipinski definition) is 6. The predicted molar refractivity (Wildman–Crippen MR) is 131 cm³/mol. The number of nitrogens with one attached hydrogen (secondary N) is 1. The van der Waals surface area contributed by atoms with Crippen molar-refractivity contribution in [3.63, 3.8) is 0 Å². The largest absolute Gasteiger partial charge is 0.496 e. The molecule has 0 saturated heterocycles. The normalized spacial score (nSPS) is 12.3. The van der Waals surface area contributed by atoms with Gasteiger partial charge in [-0.25, -0.2) is 14.8 Å². The second-order valence-corrected chi connectivity index (χ2v) is 8.25. The van der Waals surface area contributed by atoms with E-state index in [1.54, 1.807) is 57.4 Å². The SMILES string of the molecule is COC(=O)c1ccc(-c2cc3c(N[C@H](C)c4cccc(C(F)(F)F)c4)nc(C)nc3cc2OC)cc1. The third-order valence-electron chi connectivity index (χ3n) is 5.81. The first-order valence-electron chi connectivity index (χ1n) is 11.1. The number of nitrogens with zero attached hydrogens (tertiary/aromatic N) is 2. The summed E-state index contributed by atoms with van der Waals surface area (Å²) in [5.74, 6) is 1.12. The number of alkyl halides is 3. The van der Waals surface area contributed by atoms with Crippen molar-refractivity contribution in [1.29, 1.82) is 0 Å². The van der Waals surface area contributed by atoms with E-state index in [1.807, 2.05) is 6.07 Å². The fraction of sp³-hybridized carbons (Fsp3) is 0.222. The van der Waals surface area contributed by atoms with Crippen molar-refractivity contribution in [2.45, 2.75) is 26.1 Å². The minimum atomic E-state index is -4.43. The van der Waals surface area contributed by atoms with Crippen molar-refractivity contribution in [1.82, 2.24) is 9.97 Å². The van der Waals surface area contributed by atoms with E-state index >= 15 is 0 Å². The Kier molecular flexibility index (Phi) is 6.83. The van der Waals surface area contributed by atoms with Crippen LogP contribution in [0.5, 0.6) is 5.75 Å². The monoisotopic (exact) mass is 495 g/mol. The molecule has 9 heteroatoms. The van der Waals surface area contributed by atoms with Crippen LogP contribution in [-0.2, 0) is 10.9 Å². The van der Waals surface area contributed by atoms with Crippen molar-refractivity contribution in [2.75, 3.05) is 19.5 Å².